The van der Waals surface area contributed by atoms with Crippen molar-refractivity contribution in [1.82, 2.24) is 29.9 Å². The summed E-state index contributed by atoms with van der Waals surface area (Å²) in [5, 5.41) is 33.9. The summed E-state index contributed by atoms with van der Waals surface area (Å²) in [6.45, 7) is 0.553. The number of β-lactam (4-membered cyclic amide) rings is 1. The fourth-order valence-corrected chi connectivity index (χ4v) is 7.29. The number of carboxylic acid groups (broad SMARTS) is 1. The minimum absolute atomic E-state index is 0.0657. The van der Waals surface area contributed by atoms with Gasteiger partial charge in [0.25, 0.3) is 11.8 Å². The number of nitrogens with one attached hydrogen (secondary N) is 3. The molecule has 0 bridgehead atoms. The van der Waals surface area contributed by atoms with Crippen molar-refractivity contribution in [3.8, 4) is 0 Å². The highest BCUT2D eigenvalue weighted by molar-refractivity contribution is 8.06. The van der Waals surface area contributed by atoms with Gasteiger partial charge in [-0.25, -0.2) is 4.79 Å². The van der Waals surface area contributed by atoms with Crippen LogP contribution >= 0.6 is 46.8 Å². The number of aromatic nitrogens is 3. The summed E-state index contributed by atoms with van der Waals surface area (Å²) >= 11 is 4.95. The number of pyridine rings is 1. The quantitative estimate of drug-likeness (QED) is 0.0438. The van der Waals surface area contributed by atoms with Crippen LogP contribution in [0.1, 0.15) is 11.5 Å². The fraction of sp³-hybridized carbons (Fsp3) is 0.300. The summed E-state index contributed by atoms with van der Waals surface area (Å²) in [7, 11) is 0. The van der Waals surface area contributed by atoms with Crippen molar-refractivity contribution < 1.29 is 24.7 Å². The van der Waals surface area contributed by atoms with E-state index in [4.69, 9.17) is 16.9 Å². The topological polar surface area (TPSA) is 246 Å². The van der Waals surface area contributed by atoms with E-state index in [0.717, 1.165) is 32.8 Å². The average Bonchev–Trinajstić information content (AvgIpc) is 3.32. The van der Waals surface area contributed by atoms with Gasteiger partial charge in [-0.3, -0.25) is 24.9 Å². The number of fused-ring (bicyclic) bond motifs is 1. The van der Waals surface area contributed by atoms with E-state index in [1.54, 1.807) is 24.0 Å². The number of anilines is 1. The smallest absolute Gasteiger partial charge is 0.353 e. The molecule has 1 saturated heterocycles. The molecule has 1 fully saturated rings. The molecule has 0 aliphatic carbocycles. The summed E-state index contributed by atoms with van der Waals surface area (Å²) in [6.07, 6.45) is 1.64. The van der Waals surface area contributed by atoms with Crippen LogP contribution in [0.4, 0.5) is 5.13 Å². The molecular formula is C20H22N10O5S4. The Morgan fingerprint density at radius 2 is 2.18 bits per heavy atom. The summed E-state index contributed by atoms with van der Waals surface area (Å²) in [4.78, 5) is 48.4. The van der Waals surface area contributed by atoms with Gasteiger partial charge >= 0.3 is 5.97 Å². The van der Waals surface area contributed by atoms with E-state index in [0.29, 0.717) is 23.0 Å². The lowest BCUT2D eigenvalue weighted by Crippen LogP contribution is -2.71. The van der Waals surface area contributed by atoms with Crippen LogP contribution in [0.15, 0.2) is 39.0 Å². The van der Waals surface area contributed by atoms with Gasteiger partial charge in [0, 0.05) is 51.3 Å². The van der Waals surface area contributed by atoms with Crippen molar-refractivity contribution in [2.75, 3.05) is 23.8 Å². The molecule has 0 unspecified atom stereocenters. The maximum atomic E-state index is 13.0. The molecule has 0 spiro atoms. The Morgan fingerprint density at radius 1 is 1.38 bits per heavy atom. The van der Waals surface area contributed by atoms with Crippen molar-refractivity contribution in [3.05, 3.63) is 40.5 Å². The molecule has 2 aromatic heterocycles. The van der Waals surface area contributed by atoms with Gasteiger partial charge in [0.2, 0.25) is 11.5 Å². The molecule has 0 saturated carbocycles. The number of hydrogen-bond acceptors (Lipinski definition) is 14. The fourth-order valence-electron chi connectivity index (χ4n) is 3.58. The van der Waals surface area contributed by atoms with Gasteiger partial charge in [-0.15, -0.1) is 11.8 Å². The van der Waals surface area contributed by atoms with Gasteiger partial charge in [0.05, 0.1) is 5.69 Å². The minimum Gasteiger partial charge on any atom is -0.477 e. The van der Waals surface area contributed by atoms with Crippen LogP contribution in [0.25, 0.3) is 0 Å². The third-order valence-electron chi connectivity index (χ3n) is 5.23. The number of amides is 2. The van der Waals surface area contributed by atoms with Crippen LogP contribution in [0.3, 0.4) is 0 Å². The third-order valence-corrected chi connectivity index (χ3v) is 9.30. The van der Waals surface area contributed by atoms with Gasteiger partial charge in [-0.05, 0) is 12.1 Å². The van der Waals surface area contributed by atoms with Gasteiger partial charge in [0.15, 0.2) is 11.1 Å². The Kier molecular flexibility index (Phi) is 9.15. The second kappa shape index (κ2) is 12.5. The van der Waals surface area contributed by atoms with E-state index in [9.17, 15) is 24.7 Å². The predicted molar refractivity (Wildman–Crippen MR) is 149 cm³/mol. The average molecular weight is 611 g/mol. The highest BCUT2D eigenvalue weighted by atomic mass is 32.2. The largest absolute Gasteiger partial charge is 0.477 e. The van der Waals surface area contributed by atoms with Crippen molar-refractivity contribution in [2.45, 2.75) is 22.1 Å². The summed E-state index contributed by atoms with van der Waals surface area (Å²) < 4.78 is 3.83. The molecule has 2 aliphatic rings. The van der Waals surface area contributed by atoms with Crippen LogP contribution in [-0.2, 0) is 20.1 Å². The Hall–Kier alpha value is -3.55. The Balaban J connectivity index is 1.42. The zero-order valence-corrected chi connectivity index (χ0v) is 23.1. The molecule has 15 nitrogen and oxygen atoms in total. The van der Waals surface area contributed by atoms with E-state index >= 15 is 0 Å². The van der Waals surface area contributed by atoms with Crippen LogP contribution in [0, 0.1) is 5.41 Å². The zero-order valence-electron chi connectivity index (χ0n) is 19.9. The van der Waals surface area contributed by atoms with Crippen molar-refractivity contribution >= 4 is 81.4 Å². The number of oxime groups is 1. The molecule has 19 heteroatoms. The number of guanidine groups is 1. The summed E-state index contributed by atoms with van der Waals surface area (Å²) in [5.74, 6) is -1.41. The number of hydrogen-bond donors (Lipinski definition) is 7. The van der Waals surface area contributed by atoms with Gasteiger partial charge < -0.3 is 32.4 Å². The number of nitrogens with zero attached hydrogens (tertiary/aromatic N) is 5. The van der Waals surface area contributed by atoms with Crippen molar-refractivity contribution in [2.24, 2.45) is 10.9 Å². The first-order chi connectivity index (χ1) is 18.7. The Bertz CT molecular complexity index is 1370. The first kappa shape index (κ1) is 28.5. The molecule has 206 valence electrons. The van der Waals surface area contributed by atoms with Crippen molar-refractivity contribution in [3.63, 3.8) is 0 Å². The molecule has 4 heterocycles. The van der Waals surface area contributed by atoms with E-state index in [1.165, 1.54) is 23.5 Å². The van der Waals surface area contributed by atoms with E-state index in [2.05, 4.69) is 30.1 Å². The maximum absolute atomic E-state index is 13.0. The molecule has 0 radical (unpaired) electrons. The first-order valence-electron chi connectivity index (χ1n) is 11.0. The summed E-state index contributed by atoms with van der Waals surface area (Å²) in [5.41, 5.74) is 10.9. The van der Waals surface area contributed by atoms with Gasteiger partial charge in [0.1, 0.15) is 17.1 Å². The number of aliphatic carboxylic acids is 1. The van der Waals surface area contributed by atoms with Gasteiger partial charge in [-0.2, -0.15) is 21.1 Å². The number of carbonyl (C=O) groups is 3. The third kappa shape index (κ3) is 6.54. The molecule has 9 N–H and O–H groups in total. The SMILES string of the molecule is N=C(N)NCCSCc1cc(SC2=C(C(=O)O)N3C(=O)[C@@H](NC(=O)/C(=N\O)c4nsc(N)n4)[C@@H]3SC2)ccn1. The highest BCUT2D eigenvalue weighted by Crippen LogP contribution is 2.45. The van der Waals surface area contributed by atoms with E-state index in [1.807, 2.05) is 6.07 Å². The zero-order chi connectivity index (χ0) is 28.1. The molecular weight excluding hydrogens is 589 g/mol. The monoisotopic (exact) mass is 610 g/mol. The molecule has 4 rings (SSSR count). The minimum atomic E-state index is -1.26. The molecule has 2 amide bonds. The molecule has 0 aromatic carbocycles. The summed E-state index contributed by atoms with van der Waals surface area (Å²) in [6, 6.07) is 2.59. The highest BCUT2D eigenvalue weighted by Gasteiger charge is 2.54. The van der Waals surface area contributed by atoms with Crippen LogP contribution in [0.2, 0.25) is 0 Å². The van der Waals surface area contributed by atoms with Gasteiger partial charge in [-0.1, -0.05) is 16.9 Å². The Morgan fingerprint density at radius 3 is 2.85 bits per heavy atom. The first-order valence-corrected chi connectivity index (χ1v) is 14.8. The lowest BCUT2D eigenvalue weighted by Gasteiger charge is -2.49. The number of nitrogens with two attached hydrogens (primary N) is 2. The Labute approximate surface area is 237 Å². The number of nitrogen functional groups attached to an aromatic ring is 1. The number of thioether (sulfide) groups is 3. The van der Waals surface area contributed by atoms with E-state index in [-0.39, 0.29) is 22.6 Å². The van der Waals surface area contributed by atoms with Crippen LogP contribution in [-0.4, -0.2) is 88.5 Å². The molecule has 2 atom stereocenters. The standard InChI is InChI=1S/C20H22N10O5S4/c21-19(22)25-3-4-36-6-8-5-9(1-2-24-8)38-10-7-37-17-12(16(32)30(17)13(10)18(33)34)26-15(31)11(28-35)14-27-20(23)39-29-14/h1-2,5,12,17,35H,3-4,6-7H2,(H,26,31)(H,33,34)(H4,21,22,25)(H2,23,27,29)/b28-11-/t12-,17+/m1/s1. The lowest BCUT2D eigenvalue weighted by molar-refractivity contribution is -0.150. The number of carbonyl (C=O) groups excluding carboxylic acids is 2. The number of rotatable bonds is 11. The van der Waals surface area contributed by atoms with Crippen LogP contribution in [0.5, 0.6) is 0 Å². The molecule has 2 aliphatic heterocycles. The normalized spacial score (nSPS) is 18.8. The number of carboxylic acids is 1. The second-order valence-corrected chi connectivity index (χ2v) is 12.0. The van der Waals surface area contributed by atoms with Crippen LogP contribution < -0.4 is 22.1 Å². The van der Waals surface area contributed by atoms with E-state index < -0.39 is 34.9 Å². The lowest BCUT2D eigenvalue weighted by atomic mass is 10.0. The molecule has 2 aromatic rings. The van der Waals surface area contributed by atoms with Crippen molar-refractivity contribution in [1.29, 1.82) is 5.41 Å². The maximum Gasteiger partial charge on any atom is 0.353 e. The second-order valence-electron chi connectivity index (χ2n) is 7.82. The predicted octanol–water partition coefficient (Wildman–Crippen LogP) is -0.102. The molecule has 39 heavy (non-hydrogen) atoms.